The van der Waals surface area contributed by atoms with E-state index in [1.54, 1.807) is 0 Å². The number of benzene rings is 6. The molecule has 0 radical (unpaired) electrons. The van der Waals surface area contributed by atoms with Crippen molar-refractivity contribution >= 4 is 43.4 Å². The van der Waals surface area contributed by atoms with Crippen LogP contribution >= 0.6 is 0 Å². The van der Waals surface area contributed by atoms with Gasteiger partial charge in [0.25, 0.3) is 0 Å². The molecule has 0 fully saturated rings. The molecular weight excluding hydrogens is 436 g/mol. The predicted octanol–water partition coefficient (Wildman–Crippen LogP) is 7.59. The Morgan fingerprint density at radius 1 is 0.500 bits per heavy atom. The van der Waals surface area contributed by atoms with E-state index in [0.29, 0.717) is 0 Å². The largest absolute Gasteiger partial charge is 0.248 e. The van der Waals surface area contributed by atoms with Crippen LogP contribution in [0.5, 0.6) is 0 Å². The van der Waals surface area contributed by atoms with E-state index in [9.17, 15) is 0 Å². The quantitative estimate of drug-likeness (QED) is 0.221. The van der Waals surface area contributed by atoms with Crippen LogP contribution in [-0.4, -0.2) is 9.97 Å². The number of hydrogen-bond acceptors (Lipinski definition) is 2. The molecule has 36 heavy (non-hydrogen) atoms. The van der Waals surface area contributed by atoms with Crippen molar-refractivity contribution in [2.45, 2.75) is 11.3 Å². The molecular formula is C34H18N2. The summed E-state index contributed by atoms with van der Waals surface area (Å²) in [7, 11) is 0. The fourth-order valence-electron chi connectivity index (χ4n) is 7.39. The Morgan fingerprint density at radius 2 is 1.08 bits per heavy atom. The molecule has 1 aromatic heterocycles. The molecule has 6 aromatic carbocycles. The van der Waals surface area contributed by atoms with Gasteiger partial charge in [-0.1, -0.05) is 66.7 Å². The zero-order chi connectivity index (χ0) is 23.2. The number of rotatable bonds is 0. The average Bonchev–Trinajstić information content (AvgIpc) is 3.60. The van der Waals surface area contributed by atoms with Crippen LogP contribution < -0.4 is 0 Å². The second kappa shape index (κ2) is 5.63. The molecule has 0 saturated heterocycles. The maximum Gasteiger partial charge on any atom is 0.0905 e. The van der Waals surface area contributed by atoms with Crippen molar-refractivity contribution in [3.8, 4) is 0 Å². The third-order valence-electron chi connectivity index (χ3n) is 8.90. The van der Waals surface area contributed by atoms with Crippen LogP contribution in [0.2, 0.25) is 0 Å². The van der Waals surface area contributed by atoms with Gasteiger partial charge >= 0.3 is 0 Å². The first kappa shape index (κ1) is 17.8. The normalized spacial score (nSPS) is 20.1. The van der Waals surface area contributed by atoms with Crippen LogP contribution in [0.15, 0.2) is 103 Å². The van der Waals surface area contributed by atoms with Crippen LogP contribution in [0.25, 0.3) is 43.4 Å². The molecule has 0 amide bonds. The van der Waals surface area contributed by atoms with Crippen molar-refractivity contribution in [2.75, 3.05) is 0 Å². The van der Waals surface area contributed by atoms with E-state index in [4.69, 9.17) is 9.97 Å². The Labute approximate surface area is 206 Å². The summed E-state index contributed by atoms with van der Waals surface area (Å²) in [5.74, 6) is 0.172. The molecule has 164 valence electrons. The zero-order valence-corrected chi connectivity index (χ0v) is 19.3. The lowest BCUT2D eigenvalue weighted by atomic mass is 9.66. The van der Waals surface area contributed by atoms with Gasteiger partial charge in [0.2, 0.25) is 0 Å². The third-order valence-corrected chi connectivity index (χ3v) is 8.90. The first-order valence-electron chi connectivity index (χ1n) is 12.6. The summed E-state index contributed by atoms with van der Waals surface area (Å²) < 4.78 is 0. The van der Waals surface area contributed by atoms with E-state index in [0.717, 1.165) is 22.4 Å². The Bertz CT molecular complexity index is 2170. The van der Waals surface area contributed by atoms with E-state index in [2.05, 4.69) is 103 Å². The highest BCUT2D eigenvalue weighted by atomic mass is 14.9. The van der Waals surface area contributed by atoms with Crippen molar-refractivity contribution < 1.29 is 0 Å². The molecule has 1 heterocycles. The summed E-state index contributed by atoms with van der Waals surface area (Å²) in [6.45, 7) is 0. The van der Waals surface area contributed by atoms with Crippen LogP contribution in [0.1, 0.15) is 45.1 Å². The van der Waals surface area contributed by atoms with Crippen molar-refractivity contribution in [3.63, 3.8) is 0 Å². The second-order valence-corrected chi connectivity index (χ2v) is 10.6. The summed E-state index contributed by atoms with van der Waals surface area (Å²) in [4.78, 5) is 10.7. The molecule has 0 aliphatic heterocycles. The lowest BCUT2D eigenvalue weighted by molar-refractivity contribution is 0.695. The fraction of sp³-hybridized carbons (Fsp3) is 0.0588. The first-order chi connectivity index (χ1) is 17.8. The molecule has 4 aliphatic carbocycles. The van der Waals surface area contributed by atoms with Gasteiger partial charge in [0.1, 0.15) is 0 Å². The van der Waals surface area contributed by atoms with Gasteiger partial charge in [-0.3, -0.25) is 0 Å². The number of nitrogens with zero attached hydrogens (tertiary/aromatic N) is 2. The highest BCUT2D eigenvalue weighted by Gasteiger charge is 2.65. The molecule has 2 atom stereocenters. The molecule has 2 unspecified atom stereocenters. The van der Waals surface area contributed by atoms with Crippen LogP contribution in [0, 0.1) is 0 Å². The van der Waals surface area contributed by atoms with Gasteiger partial charge in [0.05, 0.1) is 33.8 Å². The first-order valence-corrected chi connectivity index (χ1v) is 12.6. The summed E-state index contributed by atoms with van der Waals surface area (Å²) in [5, 5.41) is 7.50. The van der Waals surface area contributed by atoms with E-state index >= 15 is 0 Å². The zero-order valence-electron chi connectivity index (χ0n) is 19.3. The number of aromatic nitrogens is 2. The number of hydrogen-bond donors (Lipinski definition) is 0. The minimum Gasteiger partial charge on any atom is -0.248 e. The predicted molar refractivity (Wildman–Crippen MR) is 145 cm³/mol. The Balaban J connectivity index is 1.28. The Kier molecular flexibility index (Phi) is 2.79. The standard InChI is InChI=1S/C34H18N2/c1-2-7-19-13-21-15-23-17-29-28(16-22(23)14-20(21)12-18(19)6-1)35-32-30-24-8-3-4-10-26(24)34(33(32)36-29)27-11-5-9-25(30)31(27)34/h1-17,30H. The smallest absolute Gasteiger partial charge is 0.0905 e. The van der Waals surface area contributed by atoms with E-state index < -0.39 is 0 Å². The minimum atomic E-state index is -0.196. The van der Waals surface area contributed by atoms with Crippen molar-refractivity contribution in [3.05, 3.63) is 142 Å². The van der Waals surface area contributed by atoms with Crippen LogP contribution in [0.3, 0.4) is 0 Å². The second-order valence-electron chi connectivity index (χ2n) is 10.6. The highest BCUT2D eigenvalue weighted by molar-refractivity contribution is 6.07. The topological polar surface area (TPSA) is 25.8 Å². The lowest BCUT2D eigenvalue weighted by Crippen LogP contribution is -2.32. The van der Waals surface area contributed by atoms with Gasteiger partial charge in [-0.25, -0.2) is 9.97 Å². The van der Waals surface area contributed by atoms with Crippen LogP contribution in [0.4, 0.5) is 0 Å². The van der Waals surface area contributed by atoms with Crippen LogP contribution in [-0.2, 0) is 5.41 Å². The number of fused-ring (bicyclic) bond motifs is 4. The Hall–Kier alpha value is -4.56. The summed E-state index contributed by atoms with van der Waals surface area (Å²) in [6.07, 6.45) is 0. The van der Waals surface area contributed by atoms with Gasteiger partial charge < -0.3 is 0 Å². The van der Waals surface area contributed by atoms with Gasteiger partial charge in [-0.15, -0.1) is 0 Å². The van der Waals surface area contributed by atoms with E-state index in [-0.39, 0.29) is 11.3 Å². The average molecular weight is 455 g/mol. The molecule has 7 aromatic rings. The van der Waals surface area contributed by atoms with Crippen molar-refractivity contribution in [1.29, 1.82) is 0 Å². The van der Waals surface area contributed by atoms with Crippen molar-refractivity contribution in [1.82, 2.24) is 9.97 Å². The molecule has 2 nitrogen and oxygen atoms in total. The molecule has 2 heteroatoms. The SMILES string of the molecule is c1ccc2c(c1)C1c3cccc4c3C24c2nc3cc4cc5cc6ccccc6cc5cc4cc3nc21. The Morgan fingerprint density at radius 3 is 1.86 bits per heavy atom. The monoisotopic (exact) mass is 454 g/mol. The summed E-state index contributed by atoms with van der Waals surface area (Å²) >= 11 is 0. The minimum absolute atomic E-state index is 0.172. The molecule has 0 saturated carbocycles. The van der Waals surface area contributed by atoms with Gasteiger partial charge in [0.15, 0.2) is 0 Å². The fourth-order valence-corrected chi connectivity index (χ4v) is 7.39. The van der Waals surface area contributed by atoms with Gasteiger partial charge in [-0.05, 0) is 96.5 Å². The maximum atomic E-state index is 5.39. The maximum absolute atomic E-state index is 5.39. The van der Waals surface area contributed by atoms with E-state index in [1.165, 1.54) is 60.1 Å². The molecule has 4 aliphatic rings. The van der Waals surface area contributed by atoms with E-state index in [1.807, 2.05) is 0 Å². The van der Waals surface area contributed by atoms with Crippen molar-refractivity contribution in [2.24, 2.45) is 0 Å². The molecule has 2 bridgehead atoms. The molecule has 0 N–H and O–H groups in total. The van der Waals surface area contributed by atoms with Gasteiger partial charge in [0, 0.05) is 0 Å². The summed E-state index contributed by atoms with van der Waals surface area (Å²) in [6, 6.07) is 38.0. The lowest BCUT2D eigenvalue weighted by Gasteiger charge is -2.38. The highest BCUT2D eigenvalue weighted by Crippen LogP contribution is 2.70. The third kappa shape index (κ3) is 1.85. The molecule has 11 rings (SSSR count). The molecule has 1 spiro atoms. The van der Waals surface area contributed by atoms with Gasteiger partial charge in [-0.2, -0.15) is 0 Å². The summed E-state index contributed by atoms with van der Waals surface area (Å²) in [5.41, 5.74) is 11.2.